The Morgan fingerprint density at radius 3 is 2.65 bits per heavy atom. The van der Waals surface area contributed by atoms with Crippen molar-refractivity contribution in [2.75, 3.05) is 6.54 Å². The molecular formula is C18H17ClN2OS. The summed E-state index contributed by atoms with van der Waals surface area (Å²) in [5.74, 6) is 0. The van der Waals surface area contributed by atoms with Gasteiger partial charge in [-0.1, -0.05) is 41.9 Å². The van der Waals surface area contributed by atoms with Crippen LogP contribution >= 0.6 is 23.4 Å². The van der Waals surface area contributed by atoms with Gasteiger partial charge in [-0.3, -0.25) is 5.01 Å². The number of hydrogen-bond acceptors (Lipinski definition) is 4. The molecule has 5 heteroatoms. The van der Waals surface area contributed by atoms with Gasteiger partial charge in [-0.15, -0.1) is 11.8 Å². The fraction of sp³-hybridized carbons (Fsp3) is 0.222. The van der Waals surface area contributed by atoms with Crippen LogP contribution in [-0.2, 0) is 4.79 Å². The van der Waals surface area contributed by atoms with E-state index in [4.69, 9.17) is 11.6 Å². The summed E-state index contributed by atoms with van der Waals surface area (Å²) in [6.45, 7) is 0.590. The number of benzene rings is 2. The minimum atomic E-state index is -0.169. The third-order valence-corrected chi connectivity index (χ3v) is 5.08. The normalized spacial score (nSPS) is 18.1. The van der Waals surface area contributed by atoms with E-state index >= 15 is 0 Å². The maximum atomic E-state index is 11.5. The molecule has 0 spiro atoms. The Hall–Kier alpha value is -1.78. The molecule has 3 rings (SSSR count). The van der Waals surface area contributed by atoms with E-state index in [0.29, 0.717) is 11.6 Å². The van der Waals surface area contributed by atoms with Crippen molar-refractivity contribution in [3.63, 3.8) is 0 Å². The van der Waals surface area contributed by atoms with E-state index in [0.717, 1.165) is 17.6 Å². The van der Waals surface area contributed by atoms with Gasteiger partial charge in [-0.2, -0.15) is 5.10 Å². The monoisotopic (exact) mass is 344 g/mol. The van der Waals surface area contributed by atoms with E-state index in [1.54, 1.807) is 0 Å². The summed E-state index contributed by atoms with van der Waals surface area (Å²) in [5, 5.41) is 6.99. The molecule has 0 N–H and O–H groups in total. The van der Waals surface area contributed by atoms with Crippen molar-refractivity contribution in [2.45, 2.75) is 22.6 Å². The van der Waals surface area contributed by atoms with Gasteiger partial charge in [0, 0.05) is 22.6 Å². The van der Waals surface area contributed by atoms with Gasteiger partial charge in [0.1, 0.15) is 6.29 Å². The van der Waals surface area contributed by atoms with Gasteiger partial charge in [0.05, 0.1) is 17.8 Å². The van der Waals surface area contributed by atoms with Crippen molar-refractivity contribution in [2.24, 2.45) is 5.10 Å². The second-order valence-corrected chi connectivity index (χ2v) is 7.08. The number of nitrogens with zero attached hydrogens (tertiary/aromatic N) is 2. The highest BCUT2D eigenvalue weighted by molar-refractivity contribution is 8.00. The Morgan fingerprint density at radius 1 is 1.22 bits per heavy atom. The standard InChI is InChI=1S/C18H17ClN2OS/c19-15-6-8-16(9-7-15)23-17(13-22)12-21-18(10-11-20-21)14-4-2-1-3-5-14/h1-9,11,13,17-18H,10,12H2. The lowest BCUT2D eigenvalue weighted by molar-refractivity contribution is -0.107. The molecule has 118 valence electrons. The van der Waals surface area contributed by atoms with E-state index in [9.17, 15) is 4.79 Å². The van der Waals surface area contributed by atoms with Crippen molar-refractivity contribution in [1.29, 1.82) is 0 Å². The van der Waals surface area contributed by atoms with Crippen molar-refractivity contribution in [3.8, 4) is 0 Å². The summed E-state index contributed by atoms with van der Waals surface area (Å²) in [6.07, 6.45) is 3.79. The molecule has 0 saturated heterocycles. The molecule has 0 aliphatic carbocycles. The summed E-state index contributed by atoms with van der Waals surface area (Å²) in [6, 6.07) is 18.1. The zero-order chi connectivity index (χ0) is 16.1. The molecule has 23 heavy (non-hydrogen) atoms. The number of halogens is 1. The fourth-order valence-corrected chi connectivity index (χ4v) is 3.64. The Labute approximate surface area is 145 Å². The van der Waals surface area contributed by atoms with Crippen molar-refractivity contribution >= 4 is 35.9 Å². The number of aldehydes is 1. The Kier molecular flexibility index (Phi) is 5.36. The minimum absolute atomic E-state index is 0.169. The van der Waals surface area contributed by atoms with Gasteiger partial charge in [0.2, 0.25) is 0 Å². The third-order valence-electron chi connectivity index (χ3n) is 3.72. The van der Waals surface area contributed by atoms with Crippen LogP contribution in [-0.4, -0.2) is 29.3 Å². The molecule has 2 aromatic carbocycles. The van der Waals surface area contributed by atoms with E-state index in [1.807, 2.05) is 53.7 Å². The molecule has 2 unspecified atom stereocenters. The summed E-state index contributed by atoms with van der Waals surface area (Å²) in [4.78, 5) is 12.5. The molecule has 0 fully saturated rings. The number of thioether (sulfide) groups is 1. The quantitative estimate of drug-likeness (QED) is 0.574. The molecule has 2 atom stereocenters. The zero-order valence-corrected chi connectivity index (χ0v) is 14.1. The van der Waals surface area contributed by atoms with E-state index < -0.39 is 0 Å². The lowest BCUT2D eigenvalue weighted by Crippen LogP contribution is -2.28. The maximum Gasteiger partial charge on any atom is 0.135 e. The minimum Gasteiger partial charge on any atom is -0.302 e. The highest BCUT2D eigenvalue weighted by Crippen LogP contribution is 2.31. The average molecular weight is 345 g/mol. The molecule has 0 radical (unpaired) electrons. The fourth-order valence-electron chi connectivity index (χ4n) is 2.59. The highest BCUT2D eigenvalue weighted by Gasteiger charge is 2.25. The van der Waals surface area contributed by atoms with E-state index in [-0.39, 0.29) is 11.3 Å². The Balaban J connectivity index is 1.67. The van der Waals surface area contributed by atoms with Crippen LogP contribution in [0.15, 0.2) is 64.6 Å². The Morgan fingerprint density at radius 2 is 1.96 bits per heavy atom. The topological polar surface area (TPSA) is 32.7 Å². The van der Waals surface area contributed by atoms with Gasteiger partial charge in [0.25, 0.3) is 0 Å². The maximum absolute atomic E-state index is 11.5. The Bertz CT molecular complexity index is 675. The molecule has 0 bridgehead atoms. The number of rotatable bonds is 6. The van der Waals surface area contributed by atoms with Crippen molar-refractivity contribution < 1.29 is 4.79 Å². The van der Waals surface area contributed by atoms with Crippen LogP contribution in [0.2, 0.25) is 5.02 Å². The molecule has 2 aromatic rings. The van der Waals surface area contributed by atoms with Crippen LogP contribution < -0.4 is 0 Å². The van der Waals surface area contributed by atoms with Crippen LogP contribution in [0.1, 0.15) is 18.0 Å². The molecule has 3 nitrogen and oxygen atoms in total. The molecule has 1 aliphatic heterocycles. The van der Waals surface area contributed by atoms with Gasteiger partial charge in [-0.25, -0.2) is 0 Å². The van der Waals surface area contributed by atoms with Gasteiger partial charge in [-0.05, 0) is 29.8 Å². The van der Waals surface area contributed by atoms with E-state index in [1.165, 1.54) is 17.3 Å². The smallest absolute Gasteiger partial charge is 0.135 e. The van der Waals surface area contributed by atoms with Gasteiger partial charge in [0.15, 0.2) is 0 Å². The largest absolute Gasteiger partial charge is 0.302 e. The lowest BCUT2D eigenvalue weighted by Gasteiger charge is -2.26. The number of carbonyl (C=O) groups excluding carboxylic acids is 1. The van der Waals surface area contributed by atoms with Crippen LogP contribution in [0.25, 0.3) is 0 Å². The SMILES string of the molecule is O=CC(CN1N=CCC1c1ccccc1)Sc1ccc(Cl)cc1. The first-order valence-corrected chi connectivity index (χ1v) is 8.73. The lowest BCUT2D eigenvalue weighted by atomic mass is 10.0. The van der Waals surface area contributed by atoms with Crippen molar-refractivity contribution in [1.82, 2.24) is 5.01 Å². The van der Waals surface area contributed by atoms with Gasteiger partial charge >= 0.3 is 0 Å². The zero-order valence-electron chi connectivity index (χ0n) is 12.5. The second-order valence-electron chi connectivity index (χ2n) is 5.33. The second kappa shape index (κ2) is 7.66. The molecule has 0 amide bonds. The first-order valence-electron chi connectivity index (χ1n) is 7.48. The van der Waals surface area contributed by atoms with Crippen LogP contribution in [0.4, 0.5) is 0 Å². The molecule has 0 aromatic heterocycles. The van der Waals surface area contributed by atoms with Crippen LogP contribution in [0, 0.1) is 0 Å². The molecular weight excluding hydrogens is 328 g/mol. The van der Waals surface area contributed by atoms with Crippen molar-refractivity contribution in [3.05, 3.63) is 65.2 Å². The number of hydrogen-bond donors (Lipinski definition) is 0. The number of carbonyl (C=O) groups is 1. The summed E-state index contributed by atoms with van der Waals surface area (Å²) >= 11 is 7.44. The van der Waals surface area contributed by atoms with Gasteiger partial charge < -0.3 is 4.79 Å². The predicted molar refractivity (Wildman–Crippen MR) is 96.2 cm³/mol. The predicted octanol–water partition coefficient (Wildman–Crippen LogP) is 4.43. The molecule has 1 heterocycles. The average Bonchev–Trinajstić information content (AvgIpc) is 3.05. The number of hydrazone groups is 1. The first kappa shape index (κ1) is 16.1. The first-order chi connectivity index (χ1) is 11.3. The summed E-state index contributed by atoms with van der Waals surface area (Å²) in [7, 11) is 0. The summed E-state index contributed by atoms with van der Waals surface area (Å²) < 4.78 is 0. The molecule has 1 aliphatic rings. The van der Waals surface area contributed by atoms with Crippen LogP contribution in [0.3, 0.4) is 0 Å². The van der Waals surface area contributed by atoms with Crippen LogP contribution in [0.5, 0.6) is 0 Å². The third kappa shape index (κ3) is 4.15. The van der Waals surface area contributed by atoms with E-state index in [2.05, 4.69) is 17.2 Å². The molecule has 0 saturated carbocycles. The highest BCUT2D eigenvalue weighted by atomic mass is 35.5. The summed E-state index contributed by atoms with van der Waals surface area (Å²) in [5.41, 5.74) is 1.23.